The Kier molecular flexibility index (Phi) is 6.01. The number of carbonyl (C=O) groups excluding carboxylic acids is 2. The van der Waals surface area contributed by atoms with E-state index in [0.717, 1.165) is 37.9 Å². The highest BCUT2D eigenvalue weighted by atomic mass is 28.4. The number of ether oxygens (including phenoxy) is 1. The fourth-order valence-electron chi connectivity index (χ4n) is 5.76. The van der Waals surface area contributed by atoms with Gasteiger partial charge in [0.25, 0.3) is 8.32 Å². The summed E-state index contributed by atoms with van der Waals surface area (Å²) < 4.78 is 11.9. The molecule has 172 valence electrons. The van der Waals surface area contributed by atoms with E-state index < -0.39 is 13.7 Å². The summed E-state index contributed by atoms with van der Waals surface area (Å²) >= 11 is 0. The fourth-order valence-corrected chi connectivity index (χ4v) is 6.79. The largest absolute Gasteiger partial charge is 0.543 e. The quantitative estimate of drug-likeness (QED) is 0.304. The SMILES string of the molecule is COC(=O)[C@@]1(C)CCC[C@]2(C)c3cc(O[Si](C)(C)C(C)(C)C)c(C(C)=O)cc3CCC12. The van der Waals surface area contributed by atoms with Crippen molar-refractivity contribution in [2.75, 3.05) is 7.11 Å². The Balaban J connectivity index is 2.15. The molecule has 1 aromatic carbocycles. The van der Waals surface area contributed by atoms with Crippen molar-refractivity contribution in [1.82, 2.24) is 0 Å². The van der Waals surface area contributed by atoms with Crippen LogP contribution in [0.5, 0.6) is 5.75 Å². The van der Waals surface area contributed by atoms with E-state index in [1.807, 2.05) is 0 Å². The third-order valence-corrected chi connectivity index (χ3v) is 13.0. The molecule has 5 heteroatoms. The molecule has 2 aliphatic carbocycles. The summed E-state index contributed by atoms with van der Waals surface area (Å²) in [5, 5.41) is 0.0394. The first-order valence-electron chi connectivity index (χ1n) is 11.6. The van der Waals surface area contributed by atoms with Crippen LogP contribution in [0.4, 0.5) is 0 Å². The van der Waals surface area contributed by atoms with E-state index in [1.54, 1.807) is 6.92 Å². The van der Waals surface area contributed by atoms with Crippen molar-refractivity contribution in [3.05, 3.63) is 28.8 Å². The second-order valence-electron chi connectivity index (χ2n) is 11.7. The first-order valence-corrected chi connectivity index (χ1v) is 14.5. The molecule has 3 atom stereocenters. The highest BCUT2D eigenvalue weighted by molar-refractivity contribution is 6.74. The Labute approximate surface area is 189 Å². The average molecular weight is 445 g/mol. The molecule has 0 heterocycles. The molecule has 0 saturated heterocycles. The van der Waals surface area contributed by atoms with Gasteiger partial charge < -0.3 is 9.16 Å². The molecule has 31 heavy (non-hydrogen) atoms. The number of fused-ring (bicyclic) bond motifs is 3. The molecule has 4 nitrogen and oxygen atoms in total. The van der Waals surface area contributed by atoms with Crippen LogP contribution in [0.25, 0.3) is 0 Å². The third kappa shape index (κ3) is 3.88. The number of hydrogen-bond acceptors (Lipinski definition) is 4. The summed E-state index contributed by atoms with van der Waals surface area (Å²) in [4.78, 5) is 25.4. The summed E-state index contributed by atoms with van der Waals surface area (Å²) in [7, 11) is -0.614. The fraction of sp³-hybridized carbons (Fsp3) is 0.692. The molecule has 3 rings (SSSR count). The number of carbonyl (C=O) groups is 2. The molecular formula is C26H40O4Si. The van der Waals surface area contributed by atoms with Crippen molar-refractivity contribution < 1.29 is 18.8 Å². The summed E-state index contributed by atoms with van der Waals surface area (Å²) in [5.41, 5.74) is 2.59. The number of hydrogen-bond donors (Lipinski definition) is 0. The van der Waals surface area contributed by atoms with Gasteiger partial charge in [-0.15, -0.1) is 0 Å². The van der Waals surface area contributed by atoms with Gasteiger partial charge >= 0.3 is 5.97 Å². The molecule has 0 radical (unpaired) electrons. The van der Waals surface area contributed by atoms with Gasteiger partial charge in [-0.1, -0.05) is 34.1 Å². The molecule has 2 aliphatic rings. The number of benzene rings is 1. The van der Waals surface area contributed by atoms with Gasteiger partial charge in [-0.05, 0) is 92.3 Å². The van der Waals surface area contributed by atoms with Crippen molar-refractivity contribution in [2.45, 2.75) is 97.2 Å². The van der Waals surface area contributed by atoms with Crippen molar-refractivity contribution in [3.63, 3.8) is 0 Å². The van der Waals surface area contributed by atoms with Crippen molar-refractivity contribution >= 4 is 20.1 Å². The van der Waals surface area contributed by atoms with Crippen molar-refractivity contribution in [2.24, 2.45) is 11.3 Å². The molecule has 1 fully saturated rings. The molecule has 0 amide bonds. The Morgan fingerprint density at radius 3 is 2.32 bits per heavy atom. The van der Waals surface area contributed by atoms with Crippen LogP contribution in [0.2, 0.25) is 18.1 Å². The summed E-state index contributed by atoms with van der Waals surface area (Å²) in [6, 6.07) is 4.23. The lowest BCUT2D eigenvalue weighted by Crippen LogP contribution is -2.52. The summed E-state index contributed by atoms with van der Waals surface area (Å²) in [6.07, 6.45) is 4.72. The highest BCUT2D eigenvalue weighted by Crippen LogP contribution is 2.58. The second kappa shape index (κ2) is 7.75. The van der Waals surface area contributed by atoms with Crippen molar-refractivity contribution in [3.8, 4) is 5.75 Å². The smallest absolute Gasteiger partial charge is 0.311 e. The van der Waals surface area contributed by atoms with E-state index in [9.17, 15) is 9.59 Å². The van der Waals surface area contributed by atoms with Crippen LogP contribution >= 0.6 is 0 Å². The van der Waals surface area contributed by atoms with Gasteiger partial charge in [0.05, 0.1) is 18.1 Å². The van der Waals surface area contributed by atoms with E-state index in [4.69, 9.17) is 9.16 Å². The number of ketones is 1. The number of aryl methyl sites for hydroxylation is 1. The van der Waals surface area contributed by atoms with Gasteiger partial charge in [0.15, 0.2) is 5.78 Å². The predicted octanol–water partition coefficient (Wildman–Crippen LogP) is 6.46. The van der Waals surface area contributed by atoms with Crippen LogP contribution < -0.4 is 4.43 Å². The topological polar surface area (TPSA) is 52.6 Å². The molecule has 1 aromatic rings. The minimum Gasteiger partial charge on any atom is -0.543 e. The van der Waals surface area contributed by atoms with Crippen LogP contribution in [0, 0.1) is 11.3 Å². The molecule has 0 aromatic heterocycles. The normalized spacial score (nSPS) is 28.4. The van der Waals surface area contributed by atoms with Gasteiger partial charge in [-0.3, -0.25) is 9.59 Å². The number of rotatable bonds is 4. The van der Waals surface area contributed by atoms with Gasteiger partial charge in [0.2, 0.25) is 0 Å². The minimum atomic E-state index is -2.11. The first-order chi connectivity index (χ1) is 14.2. The molecule has 1 unspecified atom stereocenters. The zero-order valence-corrected chi connectivity index (χ0v) is 21.9. The zero-order chi connectivity index (χ0) is 23.4. The minimum absolute atomic E-state index is 0.0394. The average Bonchev–Trinajstić information content (AvgIpc) is 2.65. The van der Waals surface area contributed by atoms with Gasteiger partial charge in [0, 0.05) is 0 Å². The lowest BCUT2D eigenvalue weighted by molar-refractivity contribution is -0.161. The third-order valence-electron chi connectivity index (χ3n) is 8.66. The predicted molar refractivity (Wildman–Crippen MR) is 127 cm³/mol. The number of Topliss-reactive ketones (excluding diaryl/α,β-unsaturated/α-hetero) is 1. The standard InChI is InChI=1S/C26H40O4Si/c1-17(27)19-15-18-11-12-22-25(5,13-10-14-26(22,6)23(28)29-7)20(18)16-21(19)30-31(8,9)24(2,3)4/h15-16,22H,10-14H2,1-9H3/t22?,25-,26+/m1/s1. The molecule has 0 aliphatic heterocycles. The monoisotopic (exact) mass is 444 g/mol. The van der Waals surface area contributed by atoms with Crippen LogP contribution in [0.1, 0.15) is 88.7 Å². The summed E-state index contributed by atoms with van der Waals surface area (Å²) in [6.45, 7) is 17.1. The second-order valence-corrected chi connectivity index (χ2v) is 16.4. The summed E-state index contributed by atoms with van der Waals surface area (Å²) in [5.74, 6) is 0.902. The van der Waals surface area contributed by atoms with Crippen LogP contribution in [0.15, 0.2) is 12.1 Å². The maximum absolute atomic E-state index is 12.8. The maximum Gasteiger partial charge on any atom is 0.311 e. The highest BCUT2D eigenvalue weighted by Gasteiger charge is 2.56. The molecule has 0 N–H and O–H groups in total. The van der Waals surface area contributed by atoms with E-state index >= 15 is 0 Å². The van der Waals surface area contributed by atoms with Crippen LogP contribution in [-0.4, -0.2) is 27.2 Å². The van der Waals surface area contributed by atoms with E-state index in [1.165, 1.54) is 18.2 Å². The van der Waals surface area contributed by atoms with E-state index in [0.29, 0.717) is 5.56 Å². The lowest BCUT2D eigenvalue weighted by Gasteiger charge is -2.54. The first kappa shape index (κ1) is 24.0. The Hall–Kier alpha value is -1.62. The molecule has 0 bridgehead atoms. The maximum atomic E-state index is 12.8. The van der Waals surface area contributed by atoms with E-state index in [-0.39, 0.29) is 28.1 Å². The van der Waals surface area contributed by atoms with Gasteiger partial charge in [0.1, 0.15) is 5.75 Å². The lowest BCUT2D eigenvalue weighted by atomic mass is 9.49. The zero-order valence-electron chi connectivity index (χ0n) is 20.9. The Morgan fingerprint density at radius 2 is 1.77 bits per heavy atom. The Bertz CT molecular complexity index is 897. The number of esters is 1. The number of methoxy groups -OCH3 is 1. The van der Waals surface area contributed by atoms with Crippen LogP contribution in [-0.2, 0) is 21.4 Å². The molecular weight excluding hydrogens is 404 g/mol. The Morgan fingerprint density at radius 1 is 1.13 bits per heavy atom. The molecule has 0 spiro atoms. The van der Waals surface area contributed by atoms with Gasteiger partial charge in [-0.25, -0.2) is 0 Å². The van der Waals surface area contributed by atoms with Crippen LogP contribution in [0.3, 0.4) is 0 Å². The van der Waals surface area contributed by atoms with Gasteiger partial charge in [-0.2, -0.15) is 0 Å². The van der Waals surface area contributed by atoms with E-state index in [2.05, 4.69) is 59.8 Å². The molecule has 1 saturated carbocycles. The van der Waals surface area contributed by atoms with Crippen molar-refractivity contribution in [1.29, 1.82) is 0 Å².